The van der Waals surface area contributed by atoms with E-state index in [2.05, 4.69) is 18.9 Å². The molecule has 0 aliphatic heterocycles. The van der Waals surface area contributed by atoms with Crippen molar-refractivity contribution in [2.45, 2.75) is 32.4 Å². The van der Waals surface area contributed by atoms with E-state index in [0.717, 1.165) is 5.56 Å². The van der Waals surface area contributed by atoms with Crippen LogP contribution in [0.1, 0.15) is 37.0 Å². The molecule has 0 fully saturated rings. The molecule has 0 radical (unpaired) electrons. The quantitative estimate of drug-likeness (QED) is 0.915. The lowest BCUT2D eigenvalue weighted by Gasteiger charge is -2.14. The molecule has 1 aromatic heterocycles. The smallest absolute Gasteiger partial charge is 0.267 e. The zero-order valence-electron chi connectivity index (χ0n) is 12.5. The van der Waals surface area contributed by atoms with Crippen molar-refractivity contribution in [2.24, 2.45) is 0 Å². The Morgan fingerprint density at radius 3 is 2.33 bits per heavy atom. The molecule has 1 unspecified atom stereocenters. The summed E-state index contributed by atoms with van der Waals surface area (Å²) in [6.07, 6.45) is -0.788. The van der Waals surface area contributed by atoms with Gasteiger partial charge in [0.2, 0.25) is 5.88 Å². The minimum atomic E-state index is -0.788. The lowest BCUT2D eigenvalue weighted by atomic mass is 10.00. The van der Waals surface area contributed by atoms with Crippen LogP contribution in [0, 0.1) is 0 Å². The molecule has 2 rings (SSSR count). The summed E-state index contributed by atoms with van der Waals surface area (Å²) < 4.78 is 6.19. The second kappa shape index (κ2) is 6.54. The van der Waals surface area contributed by atoms with Gasteiger partial charge < -0.3 is 9.84 Å². The molecule has 5 heteroatoms. The van der Waals surface area contributed by atoms with Crippen molar-refractivity contribution in [3.8, 4) is 5.88 Å². The molecule has 112 valence electrons. The molecule has 0 bridgehead atoms. The van der Waals surface area contributed by atoms with Crippen molar-refractivity contribution in [1.29, 1.82) is 0 Å². The van der Waals surface area contributed by atoms with Crippen LogP contribution in [-0.4, -0.2) is 22.0 Å². The molecule has 0 spiro atoms. The summed E-state index contributed by atoms with van der Waals surface area (Å²) in [7, 11) is 1.48. The highest BCUT2D eigenvalue weighted by Crippen LogP contribution is 2.19. The topological polar surface area (TPSA) is 64.3 Å². The molecule has 2 aromatic rings. The first kappa shape index (κ1) is 15.3. The van der Waals surface area contributed by atoms with Crippen molar-refractivity contribution < 1.29 is 9.84 Å². The van der Waals surface area contributed by atoms with Crippen LogP contribution in [0.3, 0.4) is 0 Å². The summed E-state index contributed by atoms with van der Waals surface area (Å²) in [6, 6.07) is 10.6. The van der Waals surface area contributed by atoms with E-state index in [1.165, 1.54) is 29.5 Å². The number of benzene rings is 1. The SMILES string of the molecule is COc1ccc(=O)n(CC(O)c2ccc(C(C)C)cc2)n1. The van der Waals surface area contributed by atoms with Gasteiger partial charge in [0.05, 0.1) is 19.8 Å². The Morgan fingerprint density at radius 1 is 1.14 bits per heavy atom. The van der Waals surface area contributed by atoms with Gasteiger partial charge in [-0.3, -0.25) is 4.79 Å². The van der Waals surface area contributed by atoms with Crippen LogP contribution < -0.4 is 10.3 Å². The van der Waals surface area contributed by atoms with Gasteiger partial charge in [0.15, 0.2) is 0 Å². The number of rotatable bonds is 5. The Hall–Kier alpha value is -2.14. The summed E-state index contributed by atoms with van der Waals surface area (Å²) in [6.45, 7) is 4.33. The summed E-state index contributed by atoms with van der Waals surface area (Å²) in [5, 5.41) is 14.3. The fourth-order valence-corrected chi connectivity index (χ4v) is 2.04. The van der Waals surface area contributed by atoms with Crippen LogP contribution in [0.15, 0.2) is 41.2 Å². The number of hydrogen-bond donors (Lipinski definition) is 1. The first-order valence-electron chi connectivity index (χ1n) is 6.91. The Balaban J connectivity index is 2.17. The van der Waals surface area contributed by atoms with Crippen LogP contribution in [0.4, 0.5) is 0 Å². The minimum Gasteiger partial charge on any atom is -0.480 e. The fourth-order valence-electron chi connectivity index (χ4n) is 2.04. The molecular weight excluding hydrogens is 268 g/mol. The van der Waals surface area contributed by atoms with Gasteiger partial charge in [-0.25, -0.2) is 4.68 Å². The number of nitrogens with zero attached hydrogens (tertiary/aromatic N) is 2. The number of aromatic nitrogens is 2. The van der Waals surface area contributed by atoms with Gasteiger partial charge in [-0.2, -0.15) is 0 Å². The van der Waals surface area contributed by atoms with E-state index in [4.69, 9.17) is 4.74 Å². The highest BCUT2D eigenvalue weighted by molar-refractivity contribution is 5.26. The van der Waals surface area contributed by atoms with E-state index in [0.29, 0.717) is 11.8 Å². The predicted molar refractivity (Wildman–Crippen MR) is 80.5 cm³/mol. The van der Waals surface area contributed by atoms with E-state index in [1.807, 2.05) is 24.3 Å². The van der Waals surface area contributed by atoms with Crippen molar-refractivity contribution in [1.82, 2.24) is 9.78 Å². The predicted octanol–water partition coefficient (Wildman–Crippen LogP) is 2.11. The molecule has 0 aliphatic carbocycles. The lowest BCUT2D eigenvalue weighted by Crippen LogP contribution is -2.25. The van der Waals surface area contributed by atoms with Gasteiger partial charge in [-0.05, 0) is 17.0 Å². The lowest BCUT2D eigenvalue weighted by molar-refractivity contribution is 0.148. The van der Waals surface area contributed by atoms with Crippen LogP contribution in [-0.2, 0) is 6.54 Å². The molecule has 0 aliphatic rings. The van der Waals surface area contributed by atoms with E-state index in [1.54, 1.807) is 0 Å². The first-order valence-corrected chi connectivity index (χ1v) is 6.91. The molecule has 1 atom stereocenters. The van der Waals surface area contributed by atoms with E-state index in [-0.39, 0.29) is 12.1 Å². The zero-order valence-corrected chi connectivity index (χ0v) is 12.5. The Kier molecular flexibility index (Phi) is 4.75. The van der Waals surface area contributed by atoms with Gasteiger partial charge in [0, 0.05) is 12.1 Å². The molecule has 21 heavy (non-hydrogen) atoms. The van der Waals surface area contributed by atoms with E-state index < -0.39 is 6.10 Å². The highest BCUT2D eigenvalue weighted by Gasteiger charge is 2.11. The highest BCUT2D eigenvalue weighted by atomic mass is 16.5. The standard InChI is InChI=1S/C16H20N2O3/c1-11(2)12-4-6-13(7-5-12)14(19)10-18-16(20)9-8-15(17-18)21-3/h4-9,11,14,19H,10H2,1-3H3. The summed E-state index contributed by atoms with van der Waals surface area (Å²) >= 11 is 0. The normalized spacial score (nSPS) is 12.4. The van der Waals surface area contributed by atoms with Gasteiger partial charge in [0.1, 0.15) is 0 Å². The fraction of sp³-hybridized carbons (Fsp3) is 0.375. The number of aliphatic hydroxyl groups excluding tert-OH is 1. The molecule has 0 amide bonds. The summed E-state index contributed by atoms with van der Waals surface area (Å²) in [4.78, 5) is 11.7. The molecule has 1 heterocycles. The van der Waals surface area contributed by atoms with Crippen molar-refractivity contribution >= 4 is 0 Å². The van der Waals surface area contributed by atoms with Crippen LogP contribution in [0.25, 0.3) is 0 Å². The third-order valence-electron chi connectivity index (χ3n) is 3.39. The summed E-state index contributed by atoms with van der Waals surface area (Å²) in [5.74, 6) is 0.788. The average molecular weight is 288 g/mol. The molecule has 1 N–H and O–H groups in total. The van der Waals surface area contributed by atoms with Crippen molar-refractivity contribution in [3.05, 3.63) is 57.9 Å². The molecule has 5 nitrogen and oxygen atoms in total. The number of hydrogen-bond acceptors (Lipinski definition) is 4. The van der Waals surface area contributed by atoms with Gasteiger partial charge >= 0.3 is 0 Å². The second-order valence-electron chi connectivity index (χ2n) is 5.23. The Bertz CT molecular complexity index is 647. The van der Waals surface area contributed by atoms with Crippen molar-refractivity contribution in [3.63, 3.8) is 0 Å². The van der Waals surface area contributed by atoms with Gasteiger partial charge in [0.25, 0.3) is 5.56 Å². The first-order chi connectivity index (χ1) is 10.0. The van der Waals surface area contributed by atoms with E-state index >= 15 is 0 Å². The number of ether oxygens (including phenoxy) is 1. The molecule has 1 aromatic carbocycles. The van der Waals surface area contributed by atoms with E-state index in [9.17, 15) is 9.90 Å². The number of methoxy groups -OCH3 is 1. The third-order valence-corrected chi connectivity index (χ3v) is 3.39. The summed E-state index contributed by atoms with van der Waals surface area (Å²) in [5.41, 5.74) is 1.70. The molecular formula is C16H20N2O3. The number of aliphatic hydroxyl groups is 1. The third kappa shape index (κ3) is 3.70. The van der Waals surface area contributed by atoms with Crippen LogP contribution >= 0.6 is 0 Å². The Morgan fingerprint density at radius 2 is 1.76 bits per heavy atom. The Labute approximate surface area is 123 Å². The van der Waals surface area contributed by atoms with Crippen molar-refractivity contribution in [2.75, 3.05) is 7.11 Å². The minimum absolute atomic E-state index is 0.0943. The van der Waals surface area contributed by atoms with Gasteiger partial charge in [-0.1, -0.05) is 38.1 Å². The monoisotopic (exact) mass is 288 g/mol. The zero-order chi connectivity index (χ0) is 15.4. The van der Waals surface area contributed by atoms with Crippen LogP contribution in [0.5, 0.6) is 5.88 Å². The van der Waals surface area contributed by atoms with Gasteiger partial charge in [-0.15, -0.1) is 5.10 Å². The average Bonchev–Trinajstić information content (AvgIpc) is 2.49. The van der Waals surface area contributed by atoms with Crippen LogP contribution in [0.2, 0.25) is 0 Å². The molecule has 0 saturated carbocycles. The maximum Gasteiger partial charge on any atom is 0.267 e. The maximum atomic E-state index is 11.7. The molecule has 0 saturated heterocycles. The maximum absolute atomic E-state index is 11.7. The largest absolute Gasteiger partial charge is 0.480 e. The second-order valence-corrected chi connectivity index (χ2v) is 5.23.